The Balaban J connectivity index is 1.18. The quantitative estimate of drug-likeness (QED) is 0.0687. The van der Waals surface area contributed by atoms with E-state index in [1.165, 1.54) is 107 Å². The Labute approximate surface area is 682 Å². The number of fused-ring (bicyclic) bond motifs is 8. The molecule has 4 aliphatic rings. The van der Waals surface area contributed by atoms with E-state index >= 15 is 19.2 Å². The molecule has 37 nitrogen and oxygen atoms in total. The van der Waals surface area contributed by atoms with Gasteiger partial charge in [-0.05, 0) is 85.8 Å². The van der Waals surface area contributed by atoms with Crippen LogP contribution in [0, 0.1) is 5.92 Å². The fourth-order valence-corrected chi connectivity index (χ4v) is 18.4. The fraction of sp³-hybridized carbons (Fsp3) is 0.486. The SMILES string of the molecule is C/C=C1\NC(=O)[C@H]([C@@H](C)O)NC(=O)c2csc(n2)C23CCC(c4nc(C(N)=O)cs4)=N[C@@H]2c2csc(n2)[C@@H](NC(=O)c2csc(n2)[C@H]([C@](C)(O)[C@@H](C)O)NC(=O)c2csc1n2)[C@@H](C)OC(=O)c1cc([C@H](C)O)c2c(n1)[C@@H](O)C(C=C2)N[C@@H]([C@@H](C)CC)C(=O)N[C@@H](C)C(=O)NC(CSCC(NC(C)=O)C(=O)OC)C(=O)N[C@@H](C)C(=O)N3. The number of nitrogens with two attached hydrogens (primary N) is 1. The summed E-state index contributed by atoms with van der Waals surface area (Å²) < 4.78 is 11.2. The van der Waals surface area contributed by atoms with Crippen molar-refractivity contribution in [2.24, 2.45) is 16.6 Å². The highest BCUT2D eigenvalue weighted by atomic mass is 32.2. The first-order valence-corrected chi connectivity index (χ1v) is 41.8. The number of amides is 10. The molecule has 43 heteroatoms. The maximum atomic E-state index is 15.7. The zero-order valence-corrected chi connectivity index (χ0v) is 69.0. The van der Waals surface area contributed by atoms with Crippen LogP contribution in [0.3, 0.4) is 0 Å². The maximum Gasteiger partial charge on any atom is 0.357 e. The third kappa shape index (κ3) is 19.7. The van der Waals surface area contributed by atoms with Gasteiger partial charge in [0.1, 0.15) is 125 Å². The van der Waals surface area contributed by atoms with Gasteiger partial charge in [0.15, 0.2) is 0 Å². The van der Waals surface area contributed by atoms with Crippen LogP contribution in [-0.4, -0.2) is 217 Å². The lowest BCUT2D eigenvalue weighted by Gasteiger charge is -2.41. The second-order valence-electron chi connectivity index (χ2n) is 28.1. The van der Waals surface area contributed by atoms with Crippen LogP contribution in [0.5, 0.6) is 0 Å². The number of hydrogen-bond acceptors (Lipinski definition) is 33. The number of aromatic nitrogens is 6. The number of primary amides is 1. The van der Waals surface area contributed by atoms with E-state index in [9.17, 15) is 63.9 Å². The summed E-state index contributed by atoms with van der Waals surface area (Å²) in [4.78, 5) is 205. The van der Waals surface area contributed by atoms with Crippen LogP contribution in [-0.2, 0) is 48.6 Å². The molecule has 10 amide bonds. The number of aliphatic imine (C=N–C) groups is 1. The average molecular weight is 1700 g/mol. The lowest BCUT2D eigenvalue weighted by atomic mass is 9.80. The summed E-state index contributed by atoms with van der Waals surface area (Å²) in [5.74, 6) is -12.1. The zero-order chi connectivity index (χ0) is 84.0. The molecule has 616 valence electrons. The number of aliphatic hydroxyl groups excluding tert-OH is 4. The summed E-state index contributed by atoms with van der Waals surface area (Å²) in [7, 11) is 1.10. The van der Waals surface area contributed by atoms with E-state index in [2.05, 4.69) is 73.1 Å². The van der Waals surface area contributed by atoms with Gasteiger partial charge in [0.2, 0.25) is 35.4 Å². The first-order chi connectivity index (χ1) is 54.4. The fourth-order valence-electron chi connectivity index (χ4n) is 12.7. The molecule has 9 heterocycles. The molecule has 6 aromatic rings. The van der Waals surface area contributed by atoms with Gasteiger partial charge in [-0.15, -0.1) is 56.7 Å². The Morgan fingerprint density at radius 3 is 2.08 bits per heavy atom. The third-order valence-corrected chi connectivity index (χ3v) is 25.5. The topological polar surface area (TPSA) is 560 Å². The van der Waals surface area contributed by atoms with Crippen molar-refractivity contribution in [2.75, 3.05) is 18.6 Å². The Bertz CT molecular complexity index is 4840. The highest BCUT2D eigenvalue weighted by molar-refractivity contribution is 7.99. The van der Waals surface area contributed by atoms with Crippen molar-refractivity contribution in [1.82, 2.24) is 83.1 Å². The standard InChI is InChI=1S/C72H88N18O19S6/c1-13-27(3)48-62(103)75-28(4)56(97)81-43(20-110-21-47(68(105)108-12)76-34(10)94)58(99)74-29(5)57(98)90-72-18-17-39(65-83-42(23-111-65)55(73)96)79-53(72)41-22-113-66(82-41)50(32(8)109-69(106)40-19-36(30(6)91)35-15-16-38(77-48)52(95)51(35)78-40)88-59(100)44-25-114-67(85-44)54(71(11,107)33(9)93)89-61(102)45-24-112-64(84-45)37(14-2)80-63(104)49(31(7)92)87-60(101)46-26-115-70(72)86-46/h14-16,19,22-33,38,43,47-50,52-54,77,91-93,95,107H,13,17-18,20-21H2,1-12H3,(H2,73,96)(H,74,99)(H,75,103)(H,76,94)(H,80,104)(H,81,97)(H,87,101)(H,88,100)(H,89,102)(H,90,98)/b37-14-/t27-,28-,29-,30-,31+,32+,33+,38?,43?,47?,48-,49-,50-,52-,53+,54+,71+,72?/m0/s1. The third-order valence-electron chi connectivity index (χ3n) is 19.7. The number of aliphatic hydroxyl groups is 5. The van der Waals surface area contributed by atoms with Crippen molar-refractivity contribution < 1.29 is 92.5 Å². The Morgan fingerprint density at radius 2 is 1.42 bits per heavy atom. The average Bonchev–Trinajstić information content (AvgIpc) is 1.67. The van der Waals surface area contributed by atoms with E-state index in [0.29, 0.717) is 6.42 Å². The molecular weight excluding hydrogens is 1610 g/mol. The van der Waals surface area contributed by atoms with Gasteiger partial charge in [0.05, 0.1) is 60.3 Å². The molecule has 0 saturated carbocycles. The number of thioether (sulfide) groups is 1. The van der Waals surface area contributed by atoms with Gasteiger partial charge >= 0.3 is 11.9 Å². The van der Waals surface area contributed by atoms with Crippen LogP contribution in [0.15, 0.2) is 50.1 Å². The van der Waals surface area contributed by atoms with Crippen molar-refractivity contribution in [3.05, 3.63) is 121 Å². The van der Waals surface area contributed by atoms with Crippen molar-refractivity contribution in [3.8, 4) is 0 Å². The highest BCUT2D eigenvalue weighted by Crippen LogP contribution is 2.48. The van der Waals surface area contributed by atoms with Crippen LogP contribution in [0.4, 0.5) is 0 Å². The minimum absolute atomic E-state index is 0.0169. The number of nitrogens with zero attached hydrogens (tertiary/aromatic N) is 7. The summed E-state index contributed by atoms with van der Waals surface area (Å²) in [6.45, 7) is 15.4. The molecule has 6 aromatic heterocycles. The number of cyclic esters (lactones) is 1. The van der Waals surface area contributed by atoms with E-state index in [0.717, 1.165) is 75.6 Å². The van der Waals surface area contributed by atoms with Crippen LogP contribution >= 0.6 is 68.4 Å². The summed E-state index contributed by atoms with van der Waals surface area (Å²) >= 11 is 5.31. The first kappa shape index (κ1) is 87.6. The number of thiazole rings is 5. The van der Waals surface area contributed by atoms with Gasteiger partial charge in [-0.3, -0.25) is 58.3 Å². The predicted molar refractivity (Wildman–Crippen MR) is 423 cm³/mol. The normalized spacial score (nSPS) is 26.4. The number of ether oxygens (including phenoxy) is 2. The molecular formula is C72H88N18O19S6. The number of hydrogen-bond donors (Lipinski definition) is 16. The van der Waals surface area contributed by atoms with Crippen LogP contribution in [0.1, 0.15) is 226 Å². The van der Waals surface area contributed by atoms with E-state index in [1.54, 1.807) is 19.9 Å². The molecule has 0 spiro atoms. The summed E-state index contributed by atoms with van der Waals surface area (Å²) in [6.07, 6.45) is -3.16. The van der Waals surface area contributed by atoms with Gasteiger partial charge in [0.25, 0.3) is 23.6 Å². The molecule has 0 fully saturated rings. The number of rotatable bonds is 14. The van der Waals surface area contributed by atoms with E-state index in [4.69, 9.17) is 30.2 Å². The Kier molecular flexibility index (Phi) is 28.2. The number of allylic oxidation sites excluding steroid dienone is 1. The number of pyridine rings is 1. The second kappa shape index (κ2) is 37.0. The molecule has 0 radical (unpaired) electrons. The Hall–Kier alpha value is -9.80. The van der Waals surface area contributed by atoms with Crippen molar-refractivity contribution in [3.63, 3.8) is 0 Å². The lowest BCUT2D eigenvalue weighted by Crippen LogP contribution is -2.60. The molecule has 4 unspecified atom stereocenters. The number of carbonyl (C=O) groups excluding carboxylic acids is 12. The Morgan fingerprint density at radius 1 is 0.765 bits per heavy atom. The van der Waals surface area contributed by atoms with Crippen LogP contribution in [0.2, 0.25) is 0 Å². The van der Waals surface area contributed by atoms with Crippen molar-refractivity contribution in [1.29, 1.82) is 0 Å². The van der Waals surface area contributed by atoms with E-state index < -0.39 is 185 Å². The minimum atomic E-state index is -2.23. The highest BCUT2D eigenvalue weighted by Gasteiger charge is 2.51. The number of carbonyl (C=O) groups is 12. The molecule has 17 N–H and O–H groups in total. The molecule has 0 saturated heterocycles. The van der Waals surface area contributed by atoms with Crippen LogP contribution < -0.4 is 58.9 Å². The number of esters is 2. The van der Waals surface area contributed by atoms with Crippen LogP contribution in [0.25, 0.3) is 11.8 Å². The zero-order valence-electron chi connectivity index (χ0n) is 64.1. The monoisotopic (exact) mass is 1700 g/mol. The van der Waals surface area contributed by atoms with Gasteiger partial charge in [-0.1, -0.05) is 38.5 Å². The molecule has 3 aliphatic heterocycles. The molecule has 10 rings (SSSR count). The summed E-state index contributed by atoms with van der Waals surface area (Å²) in [5, 5.41) is 92.4. The van der Waals surface area contributed by atoms with E-state index in [-0.39, 0.29) is 106 Å². The van der Waals surface area contributed by atoms with Crippen molar-refractivity contribution >= 4 is 157 Å². The van der Waals surface area contributed by atoms with Gasteiger partial charge in [-0.25, -0.2) is 39.5 Å². The molecule has 18 atom stereocenters. The van der Waals surface area contributed by atoms with E-state index in [1.807, 2.05) is 0 Å². The van der Waals surface area contributed by atoms with Gasteiger partial charge < -0.3 is 88.6 Å². The minimum Gasteiger partial charge on any atom is -0.467 e. The second-order valence-corrected chi connectivity index (χ2v) is 33.5. The maximum absolute atomic E-state index is 15.7. The molecule has 13 bridgehead atoms. The number of methoxy groups -OCH3 is 1. The molecule has 115 heavy (non-hydrogen) atoms. The first-order valence-electron chi connectivity index (χ1n) is 36.2. The number of nitrogens with one attached hydrogen (secondary N) is 10. The van der Waals surface area contributed by atoms with Gasteiger partial charge in [0, 0.05) is 50.9 Å². The van der Waals surface area contributed by atoms with Gasteiger partial charge in [-0.2, -0.15) is 11.8 Å². The predicted octanol–water partition coefficient (Wildman–Crippen LogP) is 1.49. The molecule has 1 aliphatic carbocycles. The smallest absolute Gasteiger partial charge is 0.357 e. The lowest BCUT2D eigenvalue weighted by molar-refractivity contribution is -0.144. The summed E-state index contributed by atoms with van der Waals surface area (Å²) in [5.41, 5.74) is 0.290. The largest absolute Gasteiger partial charge is 0.467 e. The summed E-state index contributed by atoms with van der Waals surface area (Å²) in [6, 6.07) is -13.4. The van der Waals surface area contributed by atoms with Crippen molar-refractivity contribution in [2.45, 2.75) is 198 Å². The molecule has 0 aromatic carbocycles.